The van der Waals surface area contributed by atoms with Gasteiger partial charge in [0.05, 0.1) is 33.5 Å². The van der Waals surface area contributed by atoms with Gasteiger partial charge in [0.1, 0.15) is 6.29 Å². The summed E-state index contributed by atoms with van der Waals surface area (Å²) in [4.78, 5) is 11.6. The number of benzene rings is 2. The van der Waals surface area contributed by atoms with Gasteiger partial charge in [-0.2, -0.15) is 0 Å². The van der Waals surface area contributed by atoms with Crippen LogP contribution >= 0.6 is 11.6 Å². The molecule has 0 aromatic heterocycles. The number of methoxy groups -OCH3 is 4. The van der Waals surface area contributed by atoms with Gasteiger partial charge in [0.15, 0.2) is 23.0 Å². The summed E-state index contributed by atoms with van der Waals surface area (Å²) >= 11 is 6.48. The number of aldehydes is 1. The summed E-state index contributed by atoms with van der Waals surface area (Å²) < 4.78 is 21.0. The van der Waals surface area contributed by atoms with Crippen LogP contribution in [-0.4, -0.2) is 34.7 Å². The molecule has 0 unspecified atom stereocenters. The van der Waals surface area contributed by atoms with Crippen molar-refractivity contribution in [1.29, 1.82) is 0 Å². The lowest BCUT2D eigenvalue weighted by atomic mass is 10.0. The molecule has 0 heterocycles. The highest BCUT2D eigenvalue weighted by molar-refractivity contribution is 6.50. The fourth-order valence-electron chi connectivity index (χ4n) is 2.54. The van der Waals surface area contributed by atoms with Crippen LogP contribution in [0.3, 0.4) is 0 Å². The van der Waals surface area contributed by atoms with E-state index in [1.165, 1.54) is 0 Å². The molecule has 0 saturated carbocycles. The second kappa shape index (κ2) is 9.15. The van der Waals surface area contributed by atoms with E-state index in [-0.39, 0.29) is 0 Å². The first-order valence-electron chi connectivity index (χ1n) is 7.85. The van der Waals surface area contributed by atoms with E-state index in [1.54, 1.807) is 52.7 Å². The van der Waals surface area contributed by atoms with Gasteiger partial charge in [-0.1, -0.05) is 17.7 Å². The molecular weight excluding hydrogens is 356 g/mol. The molecule has 26 heavy (non-hydrogen) atoms. The lowest BCUT2D eigenvalue weighted by Gasteiger charge is -2.12. The molecule has 0 fully saturated rings. The standard InChI is InChI=1S/C20H21ClO5/c1-23-16-7-5-13(10-18(16)25-3)9-15(12-22)20(21)14-6-8-17(24-2)19(11-14)26-4/h5-8,10-12H,9H2,1-4H3/b20-15-. The number of hydrogen-bond acceptors (Lipinski definition) is 5. The van der Waals surface area contributed by atoms with Gasteiger partial charge in [0, 0.05) is 12.0 Å². The third-order valence-electron chi connectivity index (χ3n) is 3.90. The van der Waals surface area contributed by atoms with Crippen molar-refractivity contribution in [3.63, 3.8) is 0 Å². The summed E-state index contributed by atoms with van der Waals surface area (Å²) in [5.74, 6) is 2.35. The predicted molar refractivity (Wildman–Crippen MR) is 102 cm³/mol. The molecule has 5 nitrogen and oxygen atoms in total. The Labute approximate surface area is 158 Å². The number of hydrogen-bond donors (Lipinski definition) is 0. The van der Waals surface area contributed by atoms with Crippen LogP contribution < -0.4 is 18.9 Å². The Morgan fingerprint density at radius 3 is 1.92 bits per heavy atom. The molecule has 6 heteroatoms. The van der Waals surface area contributed by atoms with Gasteiger partial charge in [-0.25, -0.2) is 0 Å². The molecule has 0 radical (unpaired) electrons. The molecule has 0 N–H and O–H groups in total. The molecule has 2 rings (SSSR count). The molecule has 0 aliphatic heterocycles. The van der Waals surface area contributed by atoms with Crippen molar-refractivity contribution in [1.82, 2.24) is 0 Å². The second-order valence-corrected chi connectivity index (χ2v) is 5.77. The quantitative estimate of drug-likeness (QED) is 0.512. The van der Waals surface area contributed by atoms with E-state index in [1.807, 2.05) is 12.1 Å². The van der Waals surface area contributed by atoms with Crippen LogP contribution in [0.4, 0.5) is 0 Å². The van der Waals surface area contributed by atoms with E-state index in [9.17, 15) is 4.79 Å². The first kappa shape index (κ1) is 19.7. The van der Waals surface area contributed by atoms with Crippen molar-refractivity contribution < 1.29 is 23.7 Å². The van der Waals surface area contributed by atoms with E-state index in [2.05, 4.69) is 0 Å². The van der Waals surface area contributed by atoms with Gasteiger partial charge in [0.2, 0.25) is 0 Å². The highest BCUT2D eigenvalue weighted by Gasteiger charge is 2.13. The first-order valence-corrected chi connectivity index (χ1v) is 8.22. The number of rotatable bonds is 8. The zero-order chi connectivity index (χ0) is 19.1. The molecule has 0 aliphatic rings. The first-order chi connectivity index (χ1) is 12.6. The van der Waals surface area contributed by atoms with Crippen molar-refractivity contribution in [2.45, 2.75) is 6.42 Å². The number of carbonyl (C=O) groups excluding carboxylic acids is 1. The van der Waals surface area contributed by atoms with Gasteiger partial charge in [-0.15, -0.1) is 0 Å². The smallest absolute Gasteiger partial charge is 0.161 e. The average Bonchev–Trinajstić information content (AvgIpc) is 2.70. The van der Waals surface area contributed by atoms with Crippen LogP contribution in [0, 0.1) is 0 Å². The van der Waals surface area contributed by atoms with Gasteiger partial charge in [-0.3, -0.25) is 4.79 Å². The van der Waals surface area contributed by atoms with Crippen LogP contribution in [0.25, 0.3) is 5.03 Å². The third kappa shape index (κ3) is 4.29. The van der Waals surface area contributed by atoms with Crippen LogP contribution in [0.15, 0.2) is 42.0 Å². The lowest BCUT2D eigenvalue weighted by Crippen LogP contribution is -1.98. The van der Waals surface area contributed by atoms with Gasteiger partial charge in [0.25, 0.3) is 0 Å². The SMILES string of the molecule is COc1ccc(C/C(C=O)=C(/Cl)c2ccc(OC)c(OC)c2)cc1OC. The topological polar surface area (TPSA) is 54.0 Å². The monoisotopic (exact) mass is 376 g/mol. The molecule has 0 bridgehead atoms. The molecule has 2 aromatic carbocycles. The Balaban J connectivity index is 2.38. The van der Waals surface area contributed by atoms with Crippen molar-refractivity contribution >= 4 is 22.9 Å². The number of allylic oxidation sites excluding steroid dienone is 1. The minimum absolute atomic E-state index is 0.357. The molecule has 0 spiro atoms. The fourth-order valence-corrected chi connectivity index (χ4v) is 2.77. The number of ether oxygens (including phenoxy) is 4. The second-order valence-electron chi connectivity index (χ2n) is 5.39. The fraction of sp³-hybridized carbons (Fsp3) is 0.250. The highest BCUT2D eigenvalue weighted by Crippen LogP contribution is 2.34. The molecule has 0 amide bonds. The van der Waals surface area contributed by atoms with Crippen LogP contribution in [0.5, 0.6) is 23.0 Å². The third-order valence-corrected chi connectivity index (χ3v) is 4.36. The van der Waals surface area contributed by atoms with Gasteiger partial charge < -0.3 is 18.9 Å². The van der Waals surface area contributed by atoms with Crippen molar-refractivity contribution in [2.75, 3.05) is 28.4 Å². The molecule has 0 atom stereocenters. The van der Waals surface area contributed by atoms with Gasteiger partial charge >= 0.3 is 0 Å². The minimum Gasteiger partial charge on any atom is -0.493 e. The predicted octanol–water partition coefficient (Wildman–Crippen LogP) is 4.11. The number of halogens is 1. The summed E-state index contributed by atoms with van der Waals surface area (Å²) in [5.41, 5.74) is 2.00. The largest absolute Gasteiger partial charge is 0.493 e. The zero-order valence-corrected chi connectivity index (χ0v) is 15.9. The van der Waals surface area contributed by atoms with E-state index in [4.69, 9.17) is 30.5 Å². The van der Waals surface area contributed by atoms with Crippen LogP contribution in [0.2, 0.25) is 0 Å². The summed E-state index contributed by atoms with van der Waals surface area (Å²) in [6.45, 7) is 0. The zero-order valence-electron chi connectivity index (χ0n) is 15.2. The van der Waals surface area contributed by atoms with Crippen LogP contribution in [-0.2, 0) is 11.2 Å². The van der Waals surface area contributed by atoms with Crippen molar-refractivity contribution in [3.8, 4) is 23.0 Å². The molecular formula is C20H21ClO5. The maximum atomic E-state index is 11.6. The molecule has 2 aromatic rings. The van der Waals surface area contributed by atoms with E-state index >= 15 is 0 Å². The lowest BCUT2D eigenvalue weighted by molar-refractivity contribution is -0.104. The highest BCUT2D eigenvalue weighted by atomic mass is 35.5. The average molecular weight is 377 g/mol. The Bertz CT molecular complexity index is 814. The van der Waals surface area contributed by atoms with Crippen molar-refractivity contribution in [2.24, 2.45) is 0 Å². The molecule has 0 saturated heterocycles. The Morgan fingerprint density at radius 2 is 1.38 bits per heavy atom. The van der Waals surface area contributed by atoms with E-state index in [0.29, 0.717) is 45.6 Å². The normalized spacial score (nSPS) is 11.4. The molecule has 0 aliphatic carbocycles. The summed E-state index contributed by atoms with van der Waals surface area (Å²) in [7, 11) is 6.24. The molecule has 138 valence electrons. The summed E-state index contributed by atoms with van der Waals surface area (Å²) in [5, 5.41) is 0.357. The van der Waals surface area contributed by atoms with E-state index in [0.717, 1.165) is 11.8 Å². The Morgan fingerprint density at radius 1 is 0.846 bits per heavy atom. The van der Waals surface area contributed by atoms with Gasteiger partial charge in [-0.05, 0) is 41.5 Å². The maximum Gasteiger partial charge on any atom is 0.161 e. The van der Waals surface area contributed by atoms with Crippen LogP contribution in [0.1, 0.15) is 11.1 Å². The Kier molecular flexibility index (Phi) is 6.92. The summed E-state index contributed by atoms with van der Waals surface area (Å²) in [6, 6.07) is 10.7. The van der Waals surface area contributed by atoms with Crippen molar-refractivity contribution in [3.05, 3.63) is 53.1 Å². The minimum atomic E-state index is 0.357. The maximum absolute atomic E-state index is 11.6. The van der Waals surface area contributed by atoms with E-state index < -0.39 is 0 Å². The number of carbonyl (C=O) groups is 1. The Hall–Kier alpha value is -2.66. The summed E-state index contributed by atoms with van der Waals surface area (Å²) in [6.07, 6.45) is 1.12.